The van der Waals surface area contributed by atoms with Gasteiger partial charge in [0.1, 0.15) is 10.8 Å². The summed E-state index contributed by atoms with van der Waals surface area (Å²) in [7, 11) is 0. The lowest BCUT2D eigenvalue weighted by atomic mass is 10.2. The number of carbonyl (C=O) groups excluding carboxylic acids is 1. The quantitative estimate of drug-likeness (QED) is 0.691. The van der Waals surface area contributed by atoms with Crippen molar-refractivity contribution in [3.8, 4) is 10.6 Å². The average molecular weight is 375 g/mol. The minimum Gasteiger partial charge on any atom is -0.352 e. The molecule has 1 N–H and O–H groups in total. The molecule has 128 valence electrons. The number of nitrogens with zero attached hydrogens (tertiary/aromatic N) is 1. The summed E-state index contributed by atoms with van der Waals surface area (Å²) in [5.74, 6) is -0.411. The highest BCUT2D eigenvalue weighted by molar-refractivity contribution is 7.15. The summed E-state index contributed by atoms with van der Waals surface area (Å²) >= 11 is 7.34. The lowest BCUT2D eigenvalue weighted by molar-refractivity contribution is 0.0954. The van der Waals surface area contributed by atoms with E-state index in [1.54, 1.807) is 30.3 Å². The first kappa shape index (κ1) is 17.6. The summed E-state index contributed by atoms with van der Waals surface area (Å²) in [6.45, 7) is 2.43. The fourth-order valence-corrected chi connectivity index (χ4v) is 3.58. The first-order chi connectivity index (χ1) is 12.0. The number of benzene rings is 2. The number of hydrogen-bond acceptors (Lipinski definition) is 3. The third kappa shape index (κ3) is 4.44. The molecule has 1 heterocycles. The predicted molar refractivity (Wildman–Crippen MR) is 99.7 cm³/mol. The molecule has 0 spiro atoms. The van der Waals surface area contributed by atoms with E-state index in [1.165, 1.54) is 23.5 Å². The molecule has 25 heavy (non-hydrogen) atoms. The van der Waals surface area contributed by atoms with E-state index in [0.717, 1.165) is 21.1 Å². The molecule has 1 amide bonds. The van der Waals surface area contributed by atoms with Gasteiger partial charge in [-0.15, -0.1) is 11.3 Å². The molecule has 0 aliphatic carbocycles. The van der Waals surface area contributed by atoms with E-state index >= 15 is 0 Å². The van der Waals surface area contributed by atoms with E-state index < -0.39 is 0 Å². The molecule has 3 rings (SSSR count). The summed E-state index contributed by atoms with van der Waals surface area (Å²) in [6.07, 6.45) is 0.679. The Hall–Kier alpha value is -2.24. The van der Waals surface area contributed by atoms with Crippen molar-refractivity contribution in [2.24, 2.45) is 0 Å². The Morgan fingerprint density at radius 2 is 2.00 bits per heavy atom. The zero-order chi connectivity index (χ0) is 17.8. The lowest BCUT2D eigenvalue weighted by Crippen LogP contribution is -2.25. The van der Waals surface area contributed by atoms with Gasteiger partial charge in [-0.05, 0) is 43.3 Å². The first-order valence-corrected chi connectivity index (χ1v) is 8.98. The Morgan fingerprint density at radius 1 is 1.24 bits per heavy atom. The smallest absolute Gasteiger partial charge is 0.251 e. The second kappa shape index (κ2) is 7.76. The summed E-state index contributed by atoms with van der Waals surface area (Å²) in [4.78, 5) is 17.7. The molecule has 3 aromatic rings. The van der Waals surface area contributed by atoms with Gasteiger partial charge in [0.25, 0.3) is 5.91 Å². The van der Waals surface area contributed by atoms with Crippen molar-refractivity contribution in [3.05, 3.63) is 75.5 Å². The fraction of sp³-hybridized carbons (Fsp3) is 0.158. The minimum absolute atomic E-state index is 0.135. The molecule has 2 aromatic carbocycles. The van der Waals surface area contributed by atoms with Gasteiger partial charge in [-0.1, -0.05) is 23.7 Å². The molecular weight excluding hydrogens is 359 g/mol. The number of halogens is 2. The highest BCUT2D eigenvalue weighted by Crippen LogP contribution is 2.28. The molecule has 3 nitrogen and oxygen atoms in total. The molecule has 0 aliphatic rings. The molecule has 0 unspecified atom stereocenters. The van der Waals surface area contributed by atoms with Crippen molar-refractivity contribution in [1.82, 2.24) is 10.3 Å². The predicted octanol–water partition coefficient (Wildman–Crippen LogP) is 4.88. The number of carbonyl (C=O) groups is 1. The zero-order valence-corrected chi connectivity index (χ0v) is 15.1. The molecule has 6 heteroatoms. The van der Waals surface area contributed by atoms with Gasteiger partial charge in [0, 0.05) is 34.0 Å². The van der Waals surface area contributed by atoms with Gasteiger partial charge in [-0.2, -0.15) is 0 Å². The van der Waals surface area contributed by atoms with Gasteiger partial charge in [-0.3, -0.25) is 4.79 Å². The van der Waals surface area contributed by atoms with Crippen molar-refractivity contribution >= 4 is 28.8 Å². The number of amides is 1. The number of thiazole rings is 1. The fourth-order valence-electron chi connectivity index (χ4n) is 2.40. The molecule has 0 saturated heterocycles. The number of aryl methyl sites for hydroxylation is 1. The SMILES string of the molecule is Cc1nc(-c2cccc(F)c2)sc1CCNC(=O)c1ccc(Cl)cc1. The van der Waals surface area contributed by atoms with Crippen LogP contribution in [0.15, 0.2) is 48.5 Å². The number of aromatic nitrogens is 1. The Morgan fingerprint density at radius 3 is 2.72 bits per heavy atom. The maximum atomic E-state index is 13.4. The van der Waals surface area contributed by atoms with Crippen LogP contribution in [0.25, 0.3) is 10.6 Å². The van der Waals surface area contributed by atoms with E-state index in [0.29, 0.717) is 23.6 Å². The van der Waals surface area contributed by atoms with Crippen molar-refractivity contribution in [3.63, 3.8) is 0 Å². The largest absolute Gasteiger partial charge is 0.352 e. The summed E-state index contributed by atoms with van der Waals surface area (Å²) in [5.41, 5.74) is 2.25. The van der Waals surface area contributed by atoms with E-state index in [-0.39, 0.29) is 11.7 Å². The van der Waals surface area contributed by atoms with Crippen LogP contribution in [-0.2, 0) is 6.42 Å². The molecule has 0 atom stereocenters. The maximum Gasteiger partial charge on any atom is 0.251 e. The number of nitrogens with one attached hydrogen (secondary N) is 1. The molecule has 0 radical (unpaired) electrons. The van der Waals surface area contributed by atoms with Crippen LogP contribution in [0, 0.1) is 12.7 Å². The highest BCUT2D eigenvalue weighted by atomic mass is 35.5. The third-order valence-electron chi connectivity index (χ3n) is 3.71. The monoisotopic (exact) mass is 374 g/mol. The second-order valence-corrected chi connectivity index (χ2v) is 7.07. The topological polar surface area (TPSA) is 42.0 Å². The Kier molecular flexibility index (Phi) is 5.46. The Balaban J connectivity index is 1.62. The highest BCUT2D eigenvalue weighted by Gasteiger charge is 2.11. The van der Waals surface area contributed by atoms with Crippen LogP contribution in [0.5, 0.6) is 0 Å². The van der Waals surface area contributed by atoms with E-state index in [1.807, 2.05) is 13.0 Å². The van der Waals surface area contributed by atoms with Crippen LogP contribution in [0.3, 0.4) is 0 Å². The molecular formula is C19H16ClFN2OS. The molecule has 0 fully saturated rings. The van der Waals surface area contributed by atoms with Gasteiger partial charge < -0.3 is 5.32 Å². The average Bonchev–Trinajstić information content (AvgIpc) is 2.96. The molecule has 0 aliphatic heterocycles. The minimum atomic E-state index is -0.276. The van der Waals surface area contributed by atoms with Gasteiger partial charge in [-0.25, -0.2) is 9.37 Å². The van der Waals surface area contributed by atoms with Crippen LogP contribution in [0.1, 0.15) is 20.9 Å². The Bertz CT molecular complexity index is 893. The zero-order valence-electron chi connectivity index (χ0n) is 13.6. The standard InChI is InChI=1S/C19H16ClFN2OS/c1-12-17(25-19(23-12)14-3-2-4-16(21)11-14)9-10-22-18(24)13-5-7-15(20)8-6-13/h2-8,11H,9-10H2,1H3,(H,22,24). The van der Waals surface area contributed by atoms with Crippen LogP contribution in [0.4, 0.5) is 4.39 Å². The van der Waals surface area contributed by atoms with Crippen LogP contribution in [0.2, 0.25) is 5.02 Å². The molecule has 1 aromatic heterocycles. The van der Waals surface area contributed by atoms with Crippen molar-refractivity contribution in [2.75, 3.05) is 6.54 Å². The van der Waals surface area contributed by atoms with Crippen molar-refractivity contribution < 1.29 is 9.18 Å². The van der Waals surface area contributed by atoms with Crippen molar-refractivity contribution in [1.29, 1.82) is 0 Å². The van der Waals surface area contributed by atoms with Gasteiger partial charge >= 0.3 is 0 Å². The van der Waals surface area contributed by atoms with Gasteiger partial charge in [0.05, 0.1) is 5.69 Å². The van der Waals surface area contributed by atoms with Gasteiger partial charge in [0.15, 0.2) is 0 Å². The Labute approximate surface area is 154 Å². The van der Waals surface area contributed by atoms with Crippen LogP contribution < -0.4 is 5.32 Å². The van der Waals surface area contributed by atoms with Crippen molar-refractivity contribution in [2.45, 2.75) is 13.3 Å². The van der Waals surface area contributed by atoms with Crippen LogP contribution in [-0.4, -0.2) is 17.4 Å². The number of hydrogen-bond donors (Lipinski definition) is 1. The normalized spacial score (nSPS) is 10.7. The van der Waals surface area contributed by atoms with E-state index in [9.17, 15) is 9.18 Å². The number of rotatable bonds is 5. The summed E-state index contributed by atoms with van der Waals surface area (Å²) < 4.78 is 13.4. The van der Waals surface area contributed by atoms with Crippen LogP contribution >= 0.6 is 22.9 Å². The third-order valence-corrected chi connectivity index (χ3v) is 5.23. The summed E-state index contributed by atoms with van der Waals surface area (Å²) in [6, 6.07) is 13.2. The van der Waals surface area contributed by atoms with E-state index in [4.69, 9.17) is 11.6 Å². The first-order valence-electron chi connectivity index (χ1n) is 7.79. The molecule has 0 bridgehead atoms. The van der Waals surface area contributed by atoms with Gasteiger partial charge in [0.2, 0.25) is 0 Å². The second-order valence-electron chi connectivity index (χ2n) is 5.55. The van der Waals surface area contributed by atoms with E-state index in [2.05, 4.69) is 10.3 Å². The summed E-state index contributed by atoms with van der Waals surface area (Å²) in [5, 5.41) is 4.28. The maximum absolute atomic E-state index is 13.4. The lowest BCUT2D eigenvalue weighted by Gasteiger charge is -2.04. The molecule has 0 saturated carbocycles.